The number of unbranched alkanes of at least 4 members (excludes halogenated alkanes) is 1. The molecule has 0 fully saturated rings. The Morgan fingerprint density at radius 3 is 2.37 bits per heavy atom. The van der Waals surface area contributed by atoms with E-state index in [4.69, 9.17) is 5.11 Å². The van der Waals surface area contributed by atoms with Gasteiger partial charge in [-0.2, -0.15) is 0 Å². The molecule has 2 aromatic carbocycles. The van der Waals surface area contributed by atoms with E-state index in [0.717, 1.165) is 22.4 Å². The first kappa shape index (κ1) is 21.1. The molecule has 0 spiro atoms. The molecular weight excluding hydrogens is 380 g/mol. The van der Waals surface area contributed by atoms with Crippen LogP contribution in [0.5, 0.6) is 0 Å². The standard InChI is InChI=1S/C24H24N2O4/c27-22(25-16-15-24(29)30)11-5-6-12-23(28)26-17-20-9-2-1-7-18(20)13-14-19-8-3-4-10-21(19)26/h1-4,7-10H,5-6,11-12,15-17H2,(H,25,27)(H,29,30). The number of carboxylic acid groups (broad SMARTS) is 1. The molecule has 154 valence electrons. The lowest BCUT2D eigenvalue weighted by Crippen LogP contribution is -2.31. The predicted molar refractivity (Wildman–Crippen MR) is 114 cm³/mol. The number of carbonyl (C=O) groups excluding carboxylic acids is 2. The zero-order chi connectivity index (χ0) is 21.3. The average molecular weight is 404 g/mol. The predicted octanol–water partition coefficient (Wildman–Crippen LogP) is 3.08. The molecule has 30 heavy (non-hydrogen) atoms. The highest BCUT2D eigenvalue weighted by atomic mass is 16.4. The number of hydrogen-bond acceptors (Lipinski definition) is 3. The summed E-state index contributed by atoms with van der Waals surface area (Å²) in [5.41, 5.74) is 3.54. The zero-order valence-electron chi connectivity index (χ0n) is 16.7. The van der Waals surface area contributed by atoms with E-state index >= 15 is 0 Å². The minimum Gasteiger partial charge on any atom is -0.481 e. The largest absolute Gasteiger partial charge is 0.481 e. The molecule has 0 bridgehead atoms. The van der Waals surface area contributed by atoms with Crippen molar-refractivity contribution in [3.05, 3.63) is 65.2 Å². The van der Waals surface area contributed by atoms with Crippen LogP contribution in [0.4, 0.5) is 5.69 Å². The van der Waals surface area contributed by atoms with Crippen LogP contribution in [0.15, 0.2) is 48.5 Å². The second-order valence-corrected chi connectivity index (χ2v) is 7.10. The van der Waals surface area contributed by atoms with Gasteiger partial charge < -0.3 is 15.3 Å². The Bertz CT molecular complexity index is 1000. The topological polar surface area (TPSA) is 86.7 Å². The Kier molecular flexibility index (Phi) is 7.23. The normalized spacial score (nSPS) is 11.8. The van der Waals surface area contributed by atoms with Gasteiger partial charge in [0.25, 0.3) is 0 Å². The van der Waals surface area contributed by atoms with Gasteiger partial charge in [0, 0.05) is 30.5 Å². The summed E-state index contributed by atoms with van der Waals surface area (Å²) in [5, 5.41) is 11.2. The first-order valence-electron chi connectivity index (χ1n) is 10.0. The van der Waals surface area contributed by atoms with Crippen LogP contribution in [0.2, 0.25) is 0 Å². The van der Waals surface area contributed by atoms with Crippen molar-refractivity contribution < 1.29 is 19.5 Å². The summed E-state index contributed by atoms with van der Waals surface area (Å²) in [7, 11) is 0. The lowest BCUT2D eigenvalue weighted by atomic mass is 10.0. The fraction of sp³-hybridized carbons (Fsp3) is 0.292. The van der Waals surface area contributed by atoms with E-state index in [1.807, 2.05) is 48.5 Å². The Morgan fingerprint density at radius 1 is 0.900 bits per heavy atom. The third kappa shape index (κ3) is 5.71. The highest BCUT2D eigenvalue weighted by molar-refractivity contribution is 5.95. The molecule has 0 aliphatic carbocycles. The van der Waals surface area contributed by atoms with E-state index in [0.29, 0.717) is 25.8 Å². The number of fused-ring (bicyclic) bond motifs is 2. The number of para-hydroxylation sites is 1. The number of carboxylic acids is 1. The van der Waals surface area contributed by atoms with Gasteiger partial charge in [-0.05, 0) is 36.6 Å². The molecule has 0 aromatic heterocycles. The SMILES string of the molecule is O=C(O)CCNC(=O)CCCCC(=O)N1Cc2ccccc2C#Cc2ccccc21. The van der Waals surface area contributed by atoms with Crippen molar-refractivity contribution in [2.24, 2.45) is 0 Å². The number of nitrogens with one attached hydrogen (secondary N) is 1. The van der Waals surface area contributed by atoms with Gasteiger partial charge >= 0.3 is 5.97 Å². The Hall–Kier alpha value is -3.59. The molecule has 0 atom stereocenters. The molecule has 0 saturated carbocycles. The highest BCUT2D eigenvalue weighted by Crippen LogP contribution is 2.26. The molecule has 1 heterocycles. The summed E-state index contributed by atoms with van der Waals surface area (Å²) in [6.07, 6.45) is 1.65. The van der Waals surface area contributed by atoms with E-state index < -0.39 is 5.97 Å². The molecule has 1 aliphatic rings. The smallest absolute Gasteiger partial charge is 0.305 e. The van der Waals surface area contributed by atoms with Crippen LogP contribution < -0.4 is 10.2 Å². The third-order valence-corrected chi connectivity index (χ3v) is 4.88. The minimum absolute atomic E-state index is 0.00719. The van der Waals surface area contributed by atoms with Crippen LogP contribution in [-0.4, -0.2) is 29.4 Å². The number of amides is 2. The monoisotopic (exact) mass is 404 g/mol. The van der Waals surface area contributed by atoms with Gasteiger partial charge in [-0.15, -0.1) is 0 Å². The lowest BCUT2D eigenvalue weighted by Gasteiger charge is -2.26. The van der Waals surface area contributed by atoms with Crippen LogP contribution in [0.3, 0.4) is 0 Å². The molecule has 0 saturated heterocycles. The van der Waals surface area contributed by atoms with E-state index in [2.05, 4.69) is 17.2 Å². The number of aliphatic carboxylic acids is 1. The van der Waals surface area contributed by atoms with E-state index in [1.54, 1.807) is 4.90 Å². The molecule has 2 N–H and O–H groups in total. The van der Waals surface area contributed by atoms with Gasteiger partial charge in [-0.3, -0.25) is 14.4 Å². The quantitative estimate of drug-likeness (QED) is 0.523. The van der Waals surface area contributed by atoms with Crippen LogP contribution in [0, 0.1) is 11.8 Å². The van der Waals surface area contributed by atoms with Crippen molar-refractivity contribution >= 4 is 23.5 Å². The number of carbonyl (C=O) groups is 3. The Labute approximate surface area is 175 Å². The van der Waals surface area contributed by atoms with E-state index in [9.17, 15) is 14.4 Å². The summed E-state index contributed by atoms with van der Waals surface area (Å²) in [5.74, 6) is 5.24. The summed E-state index contributed by atoms with van der Waals surface area (Å²) < 4.78 is 0. The highest BCUT2D eigenvalue weighted by Gasteiger charge is 2.20. The molecule has 0 unspecified atom stereocenters. The molecule has 3 rings (SSSR count). The maximum atomic E-state index is 13.0. The minimum atomic E-state index is -0.944. The maximum absolute atomic E-state index is 13.0. The number of benzene rings is 2. The van der Waals surface area contributed by atoms with Gasteiger partial charge in [0.05, 0.1) is 18.7 Å². The van der Waals surface area contributed by atoms with Gasteiger partial charge in [0.1, 0.15) is 0 Å². The summed E-state index contributed by atoms with van der Waals surface area (Å²) >= 11 is 0. The van der Waals surface area contributed by atoms with Gasteiger partial charge in [-0.25, -0.2) is 0 Å². The molecular formula is C24H24N2O4. The first-order chi connectivity index (χ1) is 14.5. The maximum Gasteiger partial charge on any atom is 0.305 e. The van der Waals surface area contributed by atoms with Gasteiger partial charge in [0.15, 0.2) is 0 Å². The molecule has 2 amide bonds. The molecule has 6 heteroatoms. The van der Waals surface area contributed by atoms with E-state index in [1.165, 1.54) is 0 Å². The van der Waals surface area contributed by atoms with Crippen LogP contribution in [0.1, 0.15) is 48.8 Å². The lowest BCUT2D eigenvalue weighted by molar-refractivity contribution is -0.137. The number of nitrogens with zero attached hydrogens (tertiary/aromatic N) is 1. The summed E-state index contributed by atoms with van der Waals surface area (Å²) in [6.45, 7) is 0.578. The number of anilines is 1. The Morgan fingerprint density at radius 2 is 1.57 bits per heavy atom. The summed E-state index contributed by atoms with van der Waals surface area (Å²) in [4.78, 5) is 37.0. The Balaban J connectivity index is 1.61. The van der Waals surface area contributed by atoms with Gasteiger partial charge in [-0.1, -0.05) is 42.2 Å². The van der Waals surface area contributed by atoms with Crippen LogP contribution in [-0.2, 0) is 20.9 Å². The van der Waals surface area contributed by atoms with Crippen molar-refractivity contribution in [2.75, 3.05) is 11.4 Å². The molecule has 1 aliphatic heterocycles. The van der Waals surface area contributed by atoms with Crippen LogP contribution >= 0.6 is 0 Å². The first-order valence-corrected chi connectivity index (χ1v) is 10.0. The molecule has 6 nitrogen and oxygen atoms in total. The van der Waals surface area contributed by atoms with Crippen molar-refractivity contribution in [3.63, 3.8) is 0 Å². The van der Waals surface area contributed by atoms with Crippen LogP contribution in [0.25, 0.3) is 0 Å². The van der Waals surface area contributed by atoms with Gasteiger partial charge in [0.2, 0.25) is 11.8 Å². The average Bonchev–Trinajstić information content (AvgIpc) is 2.72. The molecule has 0 radical (unpaired) electrons. The molecule has 2 aromatic rings. The van der Waals surface area contributed by atoms with Crippen molar-refractivity contribution in [1.82, 2.24) is 5.32 Å². The fourth-order valence-electron chi connectivity index (χ4n) is 3.30. The second-order valence-electron chi connectivity index (χ2n) is 7.10. The number of rotatable bonds is 8. The summed E-state index contributed by atoms with van der Waals surface area (Å²) in [6, 6.07) is 15.5. The second kappa shape index (κ2) is 10.3. The fourth-order valence-corrected chi connectivity index (χ4v) is 3.30. The van der Waals surface area contributed by atoms with Crippen molar-refractivity contribution in [1.29, 1.82) is 0 Å². The van der Waals surface area contributed by atoms with E-state index in [-0.39, 0.29) is 31.2 Å². The van der Waals surface area contributed by atoms with Crippen molar-refractivity contribution in [2.45, 2.75) is 38.6 Å². The van der Waals surface area contributed by atoms with Crippen molar-refractivity contribution in [3.8, 4) is 11.8 Å². The number of hydrogen-bond donors (Lipinski definition) is 2. The zero-order valence-corrected chi connectivity index (χ0v) is 16.7. The third-order valence-electron chi connectivity index (χ3n) is 4.88.